The second-order valence-corrected chi connectivity index (χ2v) is 6.58. The third-order valence-electron chi connectivity index (χ3n) is 4.27. The Kier molecular flexibility index (Phi) is 5.72. The molecule has 0 bridgehead atoms. The van der Waals surface area contributed by atoms with Gasteiger partial charge in [-0.3, -0.25) is 9.59 Å². The summed E-state index contributed by atoms with van der Waals surface area (Å²) in [6.07, 6.45) is 1.24. The number of rotatable bonds is 7. The number of anilines is 1. The van der Waals surface area contributed by atoms with Crippen molar-refractivity contribution in [2.75, 3.05) is 5.32 Å². The minimum Gasteiger partial charge on any atom is -0.481 e. The minimum atomic E-state index is -0.671. The molecule has 6 nitrogen and oxygen atoms in total. The number of nitrogens with zero attached hydrogens (tertiary/aromatic N) is 1. The van der Waals surface area contributed by atoms with E-state index >= 15 is 0 Å². The van der Waals surface area contributed by atoms with Crippen LogP contribution in [-0.2, 0) is 16.1 Å². The van der Waals surface area contributed by atoms with Crippen LogP contribution in [0.25, 0.3) is 0 Å². The Morgan fingerprint density at radius 1 is 1.22 bits per heavy atom. The maximum absolute atomic E-state index is 12.2. The van der Waals surface area contributed by atoms with Crippen LogP contribution in [0.3, 0.4) is 0 Å². The van der Waals surface area contributed by atoms with Crippen molar-refractivity contribution in [1.29, 1.82) is 5.26 Å². The summed E-state index contributed by atoms with van der Waals surface area (Å²) in [5, 5.41) is 14.5. The number of benzene rings is 2. The first-order valence-electron chi connectivity index (χ1n) is 8.89. The zero-order valence-electron chi connectivity index (χ0n) is 15.1. The molecule has 0 spiro atoms. The number of carbonyl (C=O) groups excluding carboxylic acids is 2. The van der Waals surface area contributed by atoms with Crippen LogP contribution in [0.5, 0.6) is 5.75 Å². The molecular formula is C21H21N3O3. The van der Waals surface area contributed by atoms with Crippen LogP contribution < -0.4 is 15.4 Å². The quantitative estimate of drug-likeness (QED) is 0.791. The molecule has 1 aliphatic carbocycles. The van der Waals surface area contributed by atoms with E-state index in [1.807, 2.05) is 30.3 Å². The van der Waals surface area contributed by atoms with E-state index in [0.717, 1.165) is 24.1 Å². The zero-order chi connectivity index (χ0) is 19.2. The van der Waals surface area contributed by atoms with Crippen LogP contribution in [0.4, 0.5) is 5.69 Å². The van der Waals surface area contributed by atoms with Gasteiger partial charge in [0.25, 0.3) is 5.91 Å². The Labute approximate surface area is 158 Å². The summed E-state index contributed by atoms with van der Waals surface area (Å²) in [6.45, 7) is 2.01. The first kappa shape index (κ1) is 18.5. The molecule has 1 fully saturated rings. The molecule has 6 heteroatoms. The number of hydrogen-bond acceptors (Lipinski definition) is 4. The SMILES string of the molecule is C[C@H](Oc1ccc(C#N)cc1)C(=O)NCc1cccc(NC(=O)C2CC2)c1. The van der Waals surface area contributed by atoms with Gasteiger partial charge in [0.15, 0.2) is 6.10 Å². The maximum Gasteiger partial charge on any atom is 0.261 e. The topological polar surface area (TPSA) is 91.2 Å². The lowest BCUT2D eigenvalue weighted by atomic mass is 10.2. The van der Waals surface area contributed by atoms with E-state index in [9.17, 15) is 9.59 Å². The predicted octanol–water partition coefficient (Wildman–Crippen LogP) is 2.99. The van der Waals surface area contributed by atoms with Gasteiger partial charge in [0.2, 0.25) is 5.91 Å². The van der Waals surface area contributed by atoms with Crippen molar-refractivity contribution in [3.63, 3.8) is 0 Å². The number of nitriles is 1. The lowest BCUT2D eigenvalue weighted by molar-refractivity contribution is -0.127. The van der Waals surface area contributed by atoms with Crippen LogP contribution >= 0.6 is 0 Å². The molecule has 0 unspecified atom stereocenters. The molecule has 3 rings (SSSR count). The number of ether oxygens (including phenoxy) is 1. The second kappa shape index (κ2) is 8.37. The summed E-state index contributed by atoms with van der Waals surface area (Å²) in [7, 11) is 0. The van der Waals surface area contributed by atoms with Crippen molar-refractivity contribution >= 4 is 17.5 Å². The van der Waals surface area contributed by atoms with E-state index in [1.165, 1.54) is 0 Å². The third kappa shape index (κ3) is 5.32. The molecule has 2 amide bonds. The largest absolute Gasteiger partial charge is 0.481 e. The number of carbonyl (C=O) groups is 2. The summed E-state index contributed by atoms with van der Waals surface area (Å²) in [5.41, 5.74) is 2.16. The highest BCUT2D eigenvalue weighted by molar-refractivity contribution is 5.94. The molecular weight excluding hydrogens is 342 g/mol. The molecule has 1 aliphatic rings. The molecule has 0 heterocycles. The number of hydrogen-bond donors (Lipinski definition) is 2. The van der Waals surface area contributed by atoms with Crippen molar-refractivity contribution in [2.24, 2.45) is 5.92 Å². The Balaban J connectivity index is 1.50. The molecule has 0 saturated heterocycles. The monoisotopic (exact) mass is 363 g/mol. The molecule has 27 heavy (non-hydrogen) atoms. The van der Waals surface area contributed by atoms with Gasteiger partial charge in [-0.2, -0.15) is 5.26 Å². The van der Waals surface area contributed by atoms with E-state index in [2.05, 4.69) is 10.6 Å². The third-order valence-corrected chi connectivity index (χ3v) is 4.27. The van der Waals surface area contributed by atoms with Crippen molar-refractivity contribution in [3.8, 4) is 11.8 Å². The van der Waals surface area contributed by atoms with E-state index in [4.69, 9.17) is 10.00 Å². The van der Waals surface area contributed by atoms with Crippen LogP contribution in [0, 0.1) is 17.2 Å². The lowest BCUT2D eigenvalue weighted by Gasteiger charge is -2.15. The van der Waals surface area contributed by atoms with Gasteiger partial charge in [-0.1, -0.05) is 12.1 Å². The van der Waals surface area contributed by atoms with Crippen LogP contribution in [0.15, 0.2) is 48.5 Å². The average Bonchev–Trinajstić information content (AvgIpc) is 3.52. The molecule has 1 saturated carbocycles. The molecule has 0 aromatic heterocycles. The van der Waals surface area contributed by atoms with E-state index in [0.29, 0.717) is 17.9 Å². The van der Waals surface area contributed by atoms with Crippen molar-refractivity contribution in [3.05, 3.63) is 59.7 Å². The molecule has 0 aliphatic heterocycles. The van der Waals surface area contributed by atoms with Gasteiger partial charge in [0.05, 0.1) is 11.6 Å². The molecule has 2 aromatic carbocycles. The number of amides is 2. The first-order chi connectivity index (χ1) is 13.0. The van der Waals surface area contributed by atoms with E-state index in [1.54, 1.807) is 31.2 Å². The van der Waals surface area contributed by atoms with Gasteiger partial charge < -0.3 is 15.4 Å². The van der Waals surface area contributed by atoms with Gasteiger partial charge in [-0.05, 0) is 61.7 Å². The average molecular weight is 363 g/mol. The first-order valence-corrected chi connectivity index (χ1v) is 8.89. The summed E-state index contributed by atoms with van der Waals surface area (Å²) in [4.78, 5) is 24.1. The normalized spacial score (nSPS) is 13.9. The Hall–Kier alpha value is -3.33. The van der Waals surface area contributed by atoms with Crippen LogP contribution in [0.2, 0.25) is 0 Å². The van der Waals surface area contributed by atoms with E-state index in [-0.39, 0.29) is 17.7 Å². The van der Waals surface area contributed by atoms with Crippen molar-refractivity contribution < 1.29 is 14.3 Å². The highest BCUT2D eigenvalue weighted by Crippen LogP contribution is 2.30. The molecule has 0 radical (unpaired) electrons. The fourth-order valence-electron chi connectivity index (χ4n) is 2.55. The van der Waals surface area contributed by atoms with Crippen LogP contribution in [0.1, 0.15) is 30.9 Å². The van der Waals surface area contributed by atoms with Crippen molar-refractivity contribution in [2.45, 2.75) is 32.4 Å². The van der Waals surface area contributed by atoms with Crippen LogP contribution in [-0.4, -0.2) is 17.9 Å². The second-order valence-electron chi connectivity index (χ2n) is 6.58. The fraction of sp³-hybridized carbons (Fsp3) is 0.286. The Morgan fingerprint density at radius 2 is 1.96 bits per heavy atom. The number of nitrogens with one attached hydrogen (secondary N) is 2. The Bertz CT molecular complexity index is 867. The highest BCUT2D eigenvalue weighted by atomic mass is 16.5. The Morgan fingerprint density at radius 3 is 2.63 bits per heavy atom. The van der Waals surface area contributed by atoms with Gasteiger partial charge >= 0.3 is 0 Å². The zero-order valence-corrected chi connectivity index (χ0v) is 15.1. The molecule has 1 atom stereocenters. The highest BCUT2D eigenvalue weighted by Gasteiger charge is 2.29. The smallest absolute Gasteiger partial charge is 0.261 e. The fourth-order valence-corrected chi connectivity index (χ4v) is 2.55. The minimum absolute atomic E-state index is 0.0561. The van der Waals surface area contributed by atoms with Gasteiger partial charge in [0, 0.05) is 18.2 Å². The van der Waals surface area contributed by atoms with Crippen molar-refractivity contribution in [1.82, 2.24) is 5.32 Å². The van der Waals surface area contributed by atoms with Gasteiger partial charge in [-0.25, -0.2) is 0 Å². The maximum atomic E-state index is 12.2. The van der Waals surface area contributed by atoms with Gasteiger partial charge in [-0.15, -0.1) is 0 Å². The summed E-state index contributed by atoms with van der Waals surface area (Å²) in [5.74, 6) is 0.488. The molecule has 2 aromatic rings. The van der Waals surface area contributed by atoms with E-state index < -0.39 is 6.10 Å². The lowest BCUT2D eigenvalue weighted by Crippen LogP contribution is -2.35. The summed E-state index contributed by atoms with van der Waals surface area (Å²) < 4.78 is 5.60. The summed E-state index contributed by atoms with van der Waals surface area (Å²) in [6, 6.07) is 16.1. The molecule has 2 N–H and O–H groups in total. The molecule has 138 valence electrons. The summed E-state index contributed by atoms with van der Waals surface area (Å²) >= 11 is 0. The van der Waals surface area contributed by atoms with Gasteiger partial charge in [0.1, 0.15) is 5.75 Å². The standard InChI is InChI=1S/C21H21N3O3/c1-14(27-19-9-5-15(12-22)6-10-19)20(25)23-13-16-3-2-4-18(11-16)24-21(26)17-7-8-17/h2-6,9-11,14,17H,7-8,13H2,1H3,(H,23,25)(H,24,26)/t14-/m0/s1. The predicted molar refractivity (Wildman–Crippen MR) is 101 cm³/mol.